The van der Waals surface area contributed by atoms with Crippen LogP contribution in [0.5, 0.6) is 11.7 Å². The lowest BCUT2D eigenvalue weighted by Crippen LogP contribution is -2.39. The summed E-state index contributed by atoms with van der Waals surface area (Å²) in [5.41, 5.74) is 2.23. The smallest absolute Gasteiger partial charge is 0.253 e. The molecule has 0 bridgehead atoms. The van der Waals surface area contributed by atoms with Gasteiger partial charge in [-0.15, -0.1) is 0 Å². The summed E-state index contributed by atoms with van der Waals surface area (Å²) in [7, 11) is 1.60. The maximum absolute atomic E-state index is 11.9. The van der Waals surface area contributed by atoms with Crippen molar-refractivity contribution in [1.29, 1.82) is 0 Å². The maximum atomic E-state index is 11.9. The number of benzene rings is 2. The fourth-order valence-electron chi connectivity index (χ4n) is 2.47. The third-order valence-corrected chi connectivity index (χ3v) is 4.20. The van der Waals surface area contributed by atoms with Crippen LogP contribution in [-0.4, -0.2) is 18.9 Å². The van der Waals surface area contributed by atoms with Gasteiger partial charge < -0.3 is 19.7 Å². The summed E-state index contributed by atoms with van der Waals surface area (Å²) in [6.07, 6.45) is 0.766. The molecule has 0 aliphatic rings. The third-order valence-electron chi connectivity index (χ3n) is 3.84. The molecule has 0 amide bonds. The summed E-state index contributed by atoms with van der Waals surface area (Å²) < 4.78 is 11.4. The molecule has 2 aromatic carbocycles. The molecule has 130 valence electrons. The molecule has 0 atom stereocenters. The molecule has 1 N–H and O–H groups in total. The van der Waals surface area contributed by atoms with E-state index in [2.05, 4.69) is 10.6 Å². The topological polar surface area (TPSA) is 74.2 Å². The molecule has 3 aromatic rings. The van der Waals surface area contributed by atoms with E-state index in [1.165, 1.54) is 4.68 Å². The third kappa shape index (κ3) is 4.10. The maximum Gasteiger partial charge on any atom is 0.253 e. The highest BCUT2D eigenvalue weighted by Gasteiger charge is 2.19. The molecule has 25 heavy (non-hydrogen) atoms. The average Bonchev–Trinajstić information content (AvgIpc) is 3.01. The minimum atomic E-state index is -0.457. The van der Waals surface area contributed by atoms with Crippen LogP contribution in [0.1, 0.15) is 11.3 Å². The second-order valence-corrected chi connectivity index (χ2v) is 5.84. The number of nitrogens with one attached hydrogen (secondary N) is 1. The molecular weight excluding hydrogens is 342 g/mol. The van der Waals surface area contributed by atoms with Gasteiger partial charge in [0.25, 0.3) is 5.69 Å². The minimum absolute atomic E-state index is 0.346. The van der Waals surface area contributed by atoms with Crippen molar-refractivity contribution in [3.8, 4) is 17.4 Å². The van der Waals surface area contributed by atoms with Crippen LogP contribution in [0.15, 0.2) is 53.1 Å². The van der Waals surface area contributed by atoms with Crippen molar-refractivity contribution in [2.45, 2.75) is 13.0 Å². The standard InChI is InChI=1S/C18H18ClN3O3/c1-24-15-8-6-14(7-9-15)22-17(18(23)25-21-22)12-20-11-10-13-4-2-3-5-16(13)19/h2-9,20H,10-12H2,1H3. The predicted octanol–water partition coefficient (Wildman–Crippen LogP) is 2.02. The Kier molecular flexibility index (Phi) is 5.53. The highest BCUT2D eigenvalue weighted by Crippen LogP contribution is 2.16. The number of ether oxygens (including phenoxy) is 1. The molecule has 0 aliphatic carbocycles. The Bertz CT molecular complexity index is 834. The van der Waals surface area contributed by atoms with Crippen LogP contribution >= 0.6 is 11.6 Å². The predicted molar refractivity (Wildman–Crippen MR) is 90.9 cm³/mol. The van der Waals surface area contributed by atoms with Gasteiger partial charge in [0.15, 0.2) is 5.95 Å². The summed E-state index contributed by atoms with van der Waals surface area (Å²) in [5, 5.41) is 19.7. The highest BCUT2D eigenvalue weighted by atomic mass is 35.5. The van der Waals surface area contributed by atoms with E-state index in [-0.39, 0.29) is 0 Å². The Morgan fingerprint density at radius 2 is 1.96 bits per heavy atom. The number of rotatable bonds is 7. The van der Waals surface area contributed by atoms with E-state index < -0.39 is 5.95 Å². The van der Waals surface area contributed by atoms with E-state index in [1.807, 2.05) is 36.4 Å². The van der Waals surface area contributed by atoms with E-state index in [0.717, 1.165) is 28.4 Å². The van der Waals surface area contributed by atoms with Crippen LogP contribution in [0.25, 0.3) is 5.69 Å². The molecule has 0 saturated heterocycles. The first kappa shape index (κ1) is 17.3. The van der Waals surface area contributed by atoms with Gasteiger partial charge in [0.05, 0.1) is 18.9 Å². The molecule has 0 radical (unpaired) electrons. The van der Waals surface area contributed by atoms with Crippen molar-refractivity contribution < 1.29 is 19.0 Å². The first-order chi connectivity index (χ1) is 12.2. The SMILES string of the molecule is COc1ccc(-[n+]2noc([O-])c2CNCCc2ccccc2Cl)cc1. The number of halogens is 1. The molecule has 3 rings (SSSR count). The molecule has 0 fully saturated rings. The van der Waals surface area contributed by atoms with Crippen molar-refractivity contribution in [3.05, 3.63) is 64.8 Å². The molecule has 1 heterocycles. The Balaban J connectivity index is 1.64. The lowest BCUT2D eigenvalue weighted by Gasteiger charge is -2.05. The Hall–Kier alpha value is -2.57. The lowest BCUT2D eigenvalue weighted by molar-refractivity contribution is -0.677. The second kappa shape index (κ2) is 8.00. The first-order valence-corrected chi connectivity index (χ1v) is 8.23. The molecule has 0 aliphatic heterocycles. The van der Waals surface area contributed by atoms with Crippen molar-refractivity contribution in [3.63, 3.8) is 0 Å². The van der Waals surface area contributed by atoms with Crippen molar-refractivity contribution in [2.24, 2.45) is 0 Å². The summed E-state index contributed by atoms with van der Waals surface area (Å²) in [4.78, 5) is 0. The van der Waals surface area contributed by atoms with Crippen LogP contribution < -0.4 is 19.8 Å². The number of aromatic nitrogens is 2. The van der Waals surface area contributed by atoms with Gasteiger partial charge in [0, 0.05) is 17.2 Å². The Morgan fingerprint density at radius 3 is 2.68 bits per heavy atom. The quantitative estimate of drug-likeness (QED) is 0.516. The Morgan fingerprint density at radius 1 is 1.20 bits per heavy atom. The molecule has 1 aromatic heterocycles. The normalized spacial score (nSPS) is 10.8. The van der Waals surface area contributed by atoms with Crippen LogP contribution in [-0.2, 0) is 13.0 Å². The number of hydrogen-bond acceptors (Lipinski definition) is 5. The van der Waals surface area contributed by atoms with E-state index in [9.17, 15) is 5.11 Å². The van der Waals surface area contributed by atoms with E-state index in [0.29, 0.717) is 18.8 Å². The van der Waals surface area contributed by atoms with Gasteiger partial charge >= 0.3 is 0 Å². The fourth-order valence-corrected chi connectivity index (χ4v) is 2.70. The summed E-state index contributed by atoms with van der Waals surface area (Å²) in [6, 6.07) is 14.9. The van der Waals surface area contributed by atoms with Crippen LogP contribution in [0.2, 0.25) is 5.02 Å². The molecule has 6 nitrogen and oxygen atoms in total. The van der Waals surface area contributed by atoms with Crippen LogP contribution in [0.4, 0.5) is 0 Å². The monoisotopic (exact) mass is 359 g/mol. The van der Waals surface area contributed by atoms with Gasteiger partial charge in [-0.2, -0.15) is 0 Å². The first-order valence-electron chi connectivity index (χ1n) is 7.85. The highest BCUT2D eigenvalue weighted by molar-refractivity contribution is 6.31. The molecule has 7 heteroatoms. The molecule has 0 saturated carbocycles. The van der Waals surface area contributed by atoms with Gasteiger partial charge in [-0.05, 0) is 41.4 Å². The summed E-state index contributed by atoms with van der Waals surface area (Å²) in [5.74, 6) is 0.274. The fraction of sp³-hybridized carbons (Fsp3) is 0.222. The van der Waals surface area contributed by atoms with Gasteiger partial charge in [-0.25, -0.2) is 0 Å². The van der Waals surface area contributed by atoms with Crippen molar-refractivity contribution >= 4 is 11.6 Å². The average molecular weight is 360 g/mol. The zero-order valence-corrected chi connectivity index (χ0v) is 14.5. The number of hydrogen-bond donors (Lipinski definition) is 1. The number of nitrogens with zero attached hydrogens (tertiary/aromatic N) is 2. The summed E-state index contributed by atoms with van der Waals surface area (Å²) >= 11 is 6.14. The minimum Gasteiger partial charge on any atom is -0.539 e. The van der Waals surface area contributed by atoms with Crippen molar-refractivity contribution in [2.75, 3.05) is 13.7 Å². The Labute approximate surface area is 150 Å². The lowest BCUT2D eigenvalue weighted by atomic mass is 10.1. The summed E-state index contributed by atoms with van der Waals surface area (Å²) in [6.45, 7) is 1.02. The number of methoxy groups -OCH3 is 1. The van der Waals surface area contributed by atoms with Gasteiger partial charge in [-0.3, -0.25) is 0 Å². The van der Waals surface area contributed by atoms with Gasteiger partial charge in [0.2, 0.25) is 5.69 Å². The largest absolute Gasteiger partial charge is 0.539 e. The van der Waals surface area contributed by atoms with Gasteiger partial charge in [-0.1, -0.05) is 29.8 Å². The molecular formula is C18H18ClN3O3. The molecule has 0 unspecified atom stereocenters. The van der Waals surface area contributed by atoms with Crippen molar-refractivity contribution in [1.82, 2.24) is 10.6 Å². The zero-order chi connectivity index (χ0) is 17.6. The zero-order valence-electron chi connectivity index (χ0n) is 13.7. The van der Waals surface area contributed by atoms with Gasteiger partial charge in [0.1, 0.15) is 5.75 Å². The van der Waals surface area contributed by atoms with E-state index in [1.54, 1.807) is 19.2 Å². The molecule has 0 spiro atoms. The second-order valence-electron chi connectivity index (χ2n) is 5.44. The van der Waals surface area contributed by atoms with Crippen LogP contribution in [0, 0.1) is 0 Å². The van der Waals surface area contributed by atoms with E-state index in [4.69, 9.17) is 20.9 Å². The van der Waals surface area contributed by atoms with E-state index >= 15 is 0 Å². The van der Waals surface area contributed by atoms with Crippen LogP contribution in [0.3, 0.4) is 0 Å².